The molecular formula is C20H24N2O2. The number of hydrogen-bond donors (Lipinski definition) is 1. The standard InChI is InChI=1S/C20H24N2O2/c1-16(20(24)21-2)22(14-13-17-9-5-3-6-10-17)19(23)15-18-11-7-4-8-12-18/h3-12,16H,13-15H2,1-2H3,(H,21,24)/t16-/m1/s1. The van der Waals surface area contributed by atoms with Crippen LogP contribution in [0.4, 0.5) is 0 Å². The topological polar surface area (TPSA) is 49.4 Å². The van der Waals surface area contributed by atoms with Gasteiger partial charge in [-0.05, 0) is 24.5 Å². The van der Waals surface area contributed by atoms with E-state index in [1.165, 1.54) is 0 Å². The summed E-state index contributed by atoms with van der Waals surface area (Å²) in [4.78, 5) is 26.4. The second kappa shape index (κ2) is 8.87. The highest BCUT2D eigenvalue weighted by Crippen LogP contribution is 2.09. The molecule has 0 unspecified atom stereocenters. The Labute approximate surface area is 143 Å². The molecule has 2 amide bonds. The molecule has 0 aliphatic rings. The molecule has 24 heavy (non-hydrogen) atoms. The number of hydrogen-bond acceptors (Lipinski definition) is 2. The van der Waals surface area contributed by atoms with Gasteiger partial charge < -0.3 is 10.2 Å². The molecule has 0 saturated heterocycles. The fraction of sp³-hybridized carbons (Fsp3) is 0.300. The van der Waals surface area contributed by atoms with Crippen LogP contribution < -0.4 is 5.32 Å². The van der Waals surface area contributed by atoms with Gasteiger partial charge >= 0.3 is 0 Å². The smallest absolute Gasteiger partial charge is 0.242 e. The molecule has 2 aromatic rings. The van der Waals surface area contributed by atoms with Crippen molar-refractivity contribution in [2.75, 3.05) is 13.6 Å². The Balaban J connectivity index is 2.09. The minimum atomic E-state index is -0.491. The minimum Gasteiger partial charge on any atom is -0.357 e. The first-order chi connectivity index (χ1) is 11.6. The van der Waals surface area contributed by atoms with Gasteiger partial charge in [0.25, 0.3) is 0 Å². The Kier molecular flexibility index (Phi) is 6.55. The lowest BCUT2D eigenvalue weighted by molar-refractivity contribution is -0.139. The SMILES string of the molecule is CNC(=O)[C@@H](C)N(CCc1ccccc1)C(=O)Cc1ccccc1. The van der Waals surface area contributed by atoms with E-state index in [0.717, 1.165) is 17.5 Å². The molecule has 1 N–H and O–H groups in total. The number of rotatable bonds is 7. The van der Waals surface area contributed by atoms with Crippen molar-refractivity contribution in [2.24, 2.45) is 0 Å². The van der Waals surface area contributed by atoms with E-state index in [1.807, 2.05) is 60.7 Å². The fourth-order valence-corrected chi connectivity index (χ4v) is 2.65. The van der Waals surface area contributed by atoms with Crippen molar-refractivity contribution in [3.05, 3.63) is 71.8 Å². The molecule has 1 atom stereocenters. The van der Waals surface area contributed by atoms with Crippen LogP contribution in [0, 0.1) is 0 Å². The second-order valence-corrected chi connectivity index (χ2v) is 5.78. The lowest BCUT2D eigenvalue weighted by Gasteiger charge is -2.28. The zero-order chi connectivity index (χ0) is 17.4. The molecule has 0 saturated carbocycles. The van der Waals surface area contributed by atoms with Crippen molar-refractivity contribution in [1.82, 2.24) is 10.2 Å². The summed E-state index contributed by atoms with van der Waals surface area (Å²) in [7, 11) is 1.59. The molecule has 0 spiro atoms. The Hall–Kier alpha value is -2.62. The van der Waals surface area contributed by atoms with Gasteiger partial charge in [0.1, 0.15) is 6.04 Å². The number of carbonyl (C=O) groups excluding carboxylic acids is 2. The summed E-state index contributed by atoms with van der Waals surface area (Å²) in [6.07, 6.45) is 1.03. The molecule has 2 aromatic carbocycles. The number of nitrogens with zero attached hydrogens (tertiary/aromatic N) is 1. The number of amides is 2. The average molecular weight is 324 g/mol. The van der Waals surface area contributed by atoms with Crippen LogP contribution in [0.3, 0.4) is 0 Å². The Bertz CT molecular complexity index is 656. The largest absolute Gasteiger partial charge is 0.357 e. The van der Waals surface area contributed by atoms with Crippen molar-refractivity contribution < 1.29 is 9.59 Å². The van der Waals surface area contributed by atoms with Gasteiger partial charge in [-0.2, -0.15) is 0 Å². The first-order valence-corrected chi connectivity index (χ1v) is 8.20. The fourth-order valence-electron chi connectivity index (χ4n) is 2.65. The van der Waals surface area contributed by atoms with E-state index in [2.05, 4.69) is 5.32 Å². The molecule has 2 rings (SSSR count). The van der Waals surface area contributed by atoms with Crippen LogP contribution in [0.25, 0.3) is 0 Å². The normalized spacial score (nSPS) is 11.6. The summed E-state index contributed by atoms with van der Waals surface area (Å²) in [6.45, 7) is 2.29. The Morgan fingerprint density at radius 3 is 2.04 bits per heavy atom. The van der Waals surface area contributed by atoms with Crippen LogP contribution in [-0.4, -0.2) is 36.3 Å². The highest BCUT2D eigenvalue weighted by Gasteiger charge is 2.24. The van der Waals surface area contributed by atoms with Crippen LogP contribution in [0.15, 0.2) is 60.7 Å². The first-order valence-electron chi connectivity index (χ1n) is 8.20. The first kappa shape index (κ1) is 17.7. The van der Waals surface area contributed by atoms with Crippen molar-refractivity contribution in [3.8, 4) is 0 Å². The zero-order valence-electron chi connectivity index (χ0n) is 14.2. The quantitative estimate of drug-likeness (QED) is 0.850. The number of carbonyl (C=O) groups is 2. The molecule has 0 heterocycles. The summed E-state index contributed by atoms with van der Waals surface area (Å²) in [6, 6.07) is 19.1. The van der Waals surface area contributed by atoms with Crippen molar-refractivity contribution >= 4 is 11.8 Å². The summed E-state index contributed by atoms with van der Waals surface area (Å²) in [5.41, 5.74) is 2.11. The second-order valence-electron chi connectivity index (χ2n) is 5.78. The van der Waals surface area contributed by atoms with Crippen LogP contribution >= 0.6 is 0 Å². The maximum absolute atomic E-state index is 12.7. The van der Waals surface area contributed by atoms with Gasteiger partial charge in [-0.1, -0.05) is 60.7 Å². The summed E-state index contributed by atoms with van der Waals surface area (Å²) < 4.78 is 0. The molecule has 0 bridgehead atoms. The van der Waals surface area contributed by atoms with E-state index < -0.39 is 6.04 Å². The molecule has 0 aromatic heterocycles. The molecule has 0 fully saturated rings. The van der Waals surface area contributed by atoms with E-state index >= 15 is 0 Å². The lowest BCUT2D eigenvalue weighted by Crippen LogP contribution is -2.48. The number of likely N-dealkylation sites (N-methyl/N-ethyl adjacent to an activating group) is 1. The molecule has 0 radical (unpaired) electrons. The van der Waals surface area contributed by atoms with E-state index in [-0.39, 0.29) is 11.8 Å². The predicted octanol–water partition coefficient (Wildman–Crippen LogP) is 2.43. The summed E-state index contributed by atoms with van der Waals surface area (Å²) in [5.74, 6) is -0.183. The number of nitrogens with one attached hydrogen (secondary N) is 1. The molecule has 4 heteroatoms. The van der Waals surface area contributed by atoms with Gasteiger partial charge in [0, 0.05) is 13.6 Å². The van der Waals surface area contributed by atoms with Gasteiger partial charge in [0.2, 0.25) is 11.8 Å². The number of benzene rings is 2. The zero-order valence-corrected chi connectivity index (χ0v) is 14.2. The van der Waals surface area contributed by atoms with E-state index in [0.29, 0.717) is 13.0 Å². The van der Waals surface area contributed by atoms with Gasteiger partial charge in [-0.3, -0.25) is 9.59 Å². The predicted molar refractivity (Wildman–Crippen MR) is 95.5 cm³/mol. The van der Waals surface area contributed by atoms with Crippen LogP contribution in [0.5, 0.6) is 0 Å². The molecular weight excluding hydrogens is 300 g/mol. The molecule has 126 valence electrons. The van der Waals surface area contributed by atoms with Gasteiger partial charge in [0.15, 0.2) is 0 Å². The highest BCUT2D eigenvalue weighted by molar-refractivity contribution is 5.88. The maximum atomic E-state index is 12.7. The minimum absolute atomic E-state index is 0.0340. The molecule has 0 aliphatic heterocycles. The van der Waals surface area contributed by atoms with Gasteiger partial charge in [-0.25, -0.2) is 0 Å². The third kappa shape index (κ3) is 4.95. The van der Waals surface area contributed by atoms with Crippen molar-refractivity contribution in [1.29, 1.82) is 0 Å². The molecule has 0 aliphatic carbocycles. The summed E-state index contributed by atoms with van der Waals surface area (Å²) in [5, 5.41) is 2.63. The van der Waals surface area contributed by atoms with Crippen LogP contribution in [-0.2, 0) is 22.4 Å². The third-order valence-electron chi connectivity index (χ3n) is 4.10. The Morgan fingerprint density at radius 1 is 0.958 bits per heavy atom. The van der Waals surface area contributed by atoms with Gasteiger partial charge in [0.05, 0.1) is 6.42 Å². The average Bonchev–Trinajstić information content (AvgIpc) is 2.62. The summed E-state index contributed by atoms with van der Waals surface area (Å²) >= 11 is 0. The van der Waals surface area contributed by atoms with Crippen LogP contribution in [0.2, 0.25) is 0 Å². The van der Waals surface area contributed by atoms with E-state index in [1.54, 1.807) is 18.9 Å². The van der Waals surface area contributed by atoms with Crippen molar-refractivity contribution in [2.45, 2.75) is 25.8 Å². The van der Waals surface area contributed by atoms with E-state index in [4.69, 9.17) is 0 Å². The maximum Gasteiger partial charge on any atom is 0.242 e. The van der Waals surface area contributed by atoms with Crippen LogP contribution in [0.1, 0.15) is 18.1 Å². The van der Waals surface area contributed by atoms with E-state index in [9.17, 15) is 9.59 Å². The Morgan fingerprint density at radius 2 is 1.50 bits per heavy atom. The molecule has 4 nitrogen and oxygen atoms in total. The van der Waals surface area contributed by atoms with Crippen molar-refractivity contribution in [3.63, 3.8) is 0 Å². The highest BCUT2D eigenvalue weighted by atomic mass is 16.2. The van der Waals surface area contributed by atoms with Gasteiger partial charge in [-0.15, -0.1) is 0 Å². The third-order valence-corrected chi connectivity index (χ3v) is 4.10. The monoisotopic (exact) mass is 324 g/mol. The lowest BCUT2D eigenvalue weighted by atomic mass is 10.1.